The Bertz CT molecular complexity index is 591. The zero-order valence-corrected chi connectivity index (χ0v) is 12.2. The predicted octanol–water partition coefficient (Wildman–Crippen LogP) is 3.00. The van der Waals surface area contributed by atoms with Crippen molar-refractivity contribution in [3.63, 3.8) is 0 Å². The maximum absolute atomic E-state index is 11.8. The fourth-order valence-electron chi connectivity index (χ4n) is 1.92. The average molecular weight is 280 g/mol. The zero-order chi connectivity index (χ0) is 14.9. The van der Waals surface area contributed by atoms with E-state index < -0.39 is 0 Å². The van der Waals surface area contributed by atoms with E-state index in [9.17, 15) is 4.79 Å². The fraction of sp³-hybridized carbons (Fsp3) is 0.167. The van der Waals surface area contributed by atoms with Gasteiger partial charge in [-0.3, -0.25) is 4.79 Å². The van der Waals surface area contributed by atoms with Gasteiger partial charge in [-0.15, -0.1) is 0 Å². The topological polar surface area (TPSA) is 41.1 Å². The van der Waals surface area contributed by atoms with Gasteiger partial charge < -0.3 is 10.6 Å². The van der Waals surface area contributed by atoms with Crippen molar-refractivity contribution in [2.24, 2.45) is 0 Å². The number of carbonyl (C=O) groups is 1. The van der Waals surface area contributed by atoms with Crippen molar-refractivity contribution in [2.75, 3.05) is 0 Å². The van der Waals surface area contributed by atoms with Gasteiger partial charge in [-0.1, -0.05) is 60.7 Å². The van der Waals surface area contributed by atoms with Crippen LogP contribution in [0.2, 0.25) is 0 Å². The van der Waals surface area contributed by atoms with Crippen LogP contribution in [0.5, 0.6) is 0 Å². The molecule has 0 aliphatic heterocycles. The van der Waals surface area contributed by atoms with Crippen LogP contribution in [0.15, 0.2) is 72.4 Å². The number of benzene rings is 2. The van der Waals surface area contributed by atoms with Gasteiger partial charge in [0.1, 0.15) is 0 Å². The third-order valence-corrected chi connectivity index (χ3v) is 3.07. The molecule has 0 aromatic heterocycles. The summed E-state index contributed by atoms with van der Waals surface area (Å²) in [4.78, 5) is 11.8. The highest BCUT2D eigenvalue weighted by Gasteiger charge is 1.99. The SMILES string of the molecule is C/C(=C\C(=O)NCc1ccccc1)NCc1ccccc1. The standard InChI is InChI=1S/C18H20N2O/c1-15(19-13-16-8-4-2-5-9-16)12-18(21)20-14-17-10-6-3-7-11-17/h2-12,19H,13-14H2,1H3,(H,20,21)/b15-12+. The van der Waals surface area contributed by atoms with Crippen LogP contribution in [-0.2, 0) is 17.9 Å². The van der Waals surface area contributed by atoms with Crippen molar-refractivity contribution < 1.29 is 4.79 Å². The molecule has 0 saturated carbocycles. The van der Waals surface area contributed by atoms with Crippen molar-refractivity contribution in [2.45, 2.75) is 20.0 Å². The van der Waals surface area contributed by atoms with Crippen molar-refractivity contribution in [1.29, 1.82) is 0 Å². The summed E-state index contributed by atoms with van der Waals surface area (Å²) in [7, 11) is 0. The highest BCUT2D eigenvalue weighted by molar-refractivity contribution is 5.87. The second-order valence-corrected chi connectivity index (χ2v) is 4.87. The summed E-state index contributed by atoms with van der Waals surface area (Å²) in [6.45, 7) is 3.16. The first-order valence-electron chi connectivity index (χ1n) is 7.02. The summed E-state index contributed by atoms with van der Waals surface area (Å²) < 4.78 is 0. The molecule has 3 heteroatoms. The van der Waals surface area contributed by atoms with Crippen LogP contribution in [0.1, 0.15) is 18.1 Å². The van der Waals surface area contributed by atoms with Gasteiger partial charge in [0, 0.05) is 24.9 Å². The minimum absolute atomic E-state index is 0.0862. The molecule has 0 spiro atoms. The van der Waals surface area contributed by atoms with Gasteiger partial charge in [0.25, 0.3) is 0 Å². The van der Waals surface area contributed by atoms with Crippen LogP contribution in [0.4, 0.5) is 0 Å². The van der Waals surface area contributed by atoms with Gasteiger partial charge in [0.2, 0.25) is 5.91 Å². The first kappa shape index (κ1) is 14.9. The van der Waals surface area contributed by atoms with E-state index in [0.717, 1.165) is 17.8 Å². The van der Waals surface area contributed by atoms with E-state index in [1.165, 1.54) is 5.56 Å². The molecule has 0 fully saturated rings. The lowest BCUT2D eigenvalue weighted by Crippen LogP contribution is -2.22. The van der Waals surface area contributed by atoms with E-state index in [1.54, 1.807) is 6.08 Å². The number of nitrogens with one attached hydrogen (secondary N) is 2. The summed E-state index contributed by atoms with van der Waals surface area (Å²) in [6.07, 6.45) is 1.59. The zero-order valence-electron chi connectivity index (χ0n) is 12.2. The second kappa shape index (κ2) is 7.90. The Morgan fingerprint density at radius 2 is 1.33 bits per heavy atom. The number of hydrogen-bond donors (Lipinski definition) is 2. The highest BCUT2D eigenvalue weighted by Crippen LogP contribution is 2.00. The van der Waals surface area contributed by atoms with E-state index in [4.69, 9.17) is 0 Å². The van der Waals surface area contributed by atoms with E-state index in [0.29, 0.717) is 6.54 Å². The monoisotopic (exact) mass is 280 g/mol. The molecular weight excluding hydrogens is 260 g/mol. The van der Waals surface area contributed by atoms with E-state index in [2.05, 4.69) is 22.8 Å². The molecule has 0 saturated heterocycles. The molecule has 2 aromatic rings. The lowest BCUT2D eigenvalue weighted by Gasteiger charge is -2.07. The summed E-state index contributed by atoms with van der Waals surface area (Å²) in [5.74, 6) is -0.0862. The molecule has 0 heterocycles. The summed E-state index contributed by atoms with van der Waals surface area (Å²) in [5, 5.41) is 6.10. The van der Waals surface area contributed by atoms with E-state index >= 15 is 0 Å². The maximum atomic E-state index is 11.8. The van der Waals surface area contributed by atoms with Crippen molar-refractivity contribution in [3.8, 4) is 0 Å². The second-order valence-electron chi connectivity index (χ2n) is 4.87. The van der Waals surface area contributed by atoms with Gasteiger partial charge in [0.15, 0.2) is 0 Å². The maximum Gasteiger partial charge on any atom is 0.245 e. The summed E-state index contributed by atoms with van der Waals surface area (Å²) in [5.41, 5.74) is 3.13. The smallest absolute Gasteiger partial charge is 0.245 e. The molecule has 2 aromatic carbocycles. The molecule has 0 aliphatic rings. The molecule has 3 nitrogen and oxygen atoms in total. The van der Waals surface area contributed by atoms with Gasteiger partial charge in [-0.2, -0.15) is 0 Å². The largest absolute Gasteiger partial charge is 0.384 e. The molecule has 2 rings (SSSR count). The van der Waals surface area contributed by atoms with Crippen LogP contribution in [0.3, 0.4) is 0 Å². The molecule has 0 bridgehead atoms. The minimum Gasteiger partial charge on any atom is -0.384 e. The number of rotatable bonds is 6. The van der Waals surface area contributed by atoms with Gasteiger partial charge in [-0.25, -0.2) is 0 Å². The molecule has 0 radical (unpaired) electrons. The average Bonchev–Trinajstić information content (AvgIpc) is 2.53. The molecule has 0 atom stereocenters. The Morgan fingerprint density at radius 3 is 1.86 bits per heavy atom. The first-order chi connectivity index (χ1) is 10.2. The molecule has 21 heavy (non-hydrogen) atoms. The highest BCUT2D eigenvalue weighted by atomic mass is 16.1. The third-order valence-electron chi connectivity index (χ3n) is 3.07. The third kappa shape index (κ3) is 5.53. The van der Waals surface area contributed by atoms with Crippen molar-refractivity contribution in [1.82, 2.24) is 10.6 Å². The summed E-state index contributed by atoms with van der Waals surface area (Å²) >= 11 is 0. The van der Waals surface area contributed by atoms with Gasteiger partial charge in [0.05, 0.1) is 0 Å². The Kier molecular flexibility index (Phi) is 5.59. The fourth-order valence-corrected chi connectivity index (χ4v) is 1.92. The lowest BCUT2D eigenvalue weighted by atomic mass is 10.2. The number of carbonyl (C=O) groups excluding carboxylic acids is 1. The molecule has 1 amide bonds. The normalized spacial score (nSPS) is 11.0. The van der Waals surface area contributed by atoms with Gasteiger partial charge >= 0.3 is 0 Å². The predicted molar refractivity (Wildman–Crippen MR) is 85.3 cm³/mol. The van der Waals surface area contributed by atoms with Gasteiger partial charge in [-0.05, 0) is 18.1 Å². The lowest BCUT2D eigenvalue weighted by molar-refractivity contribution is -0.116. The van der Waals surface area contributed by atoms with Crippen LogP contribution in [-0.4, -0.2) is 5.91 Å². The van der Waals surface area contributed by atoms with Crippen LogP contribution in [0.25, 0.3) is 0 Å². The van der Waals surface area contributed by atoms with Crippen molar-refractivity contribution >= 4 is 5.91 Å². The number of allylic oxidation sites excluding steroid dienone is 1. The molecule has 0 unspecified atom stereocenters. The van der Waals surface area contributed by atoms with E-state index in [-0.39, 0.29) is 5.91 Å². The first-order valence-corrected chi connectivity index (χ1v) is 7.02. The quantitative estimate of drug-likeness (QED) is 0.799. The number of hydrogen-bond acceptors (Lipinski definition) is 2. The Labute approximate surface area is 125 Å². The summed E-state index contributed by atoms with van der Waals surface area (Å²) in [6, 6.07) is 20.0. The number of amides is 1. The van der Waals surface area contributed by atoms with Crippen LogP contribution in [0, 0.1) is 0 Å². The van der Waals surface area contributed by atoms with Crippen molar-refractivity contribution in [3.05, 3.63) is 83.6 Å². The van der Waals surface area contributed by atoms with Crippen LogP contribution < -0.4 is 10.6 Å². The Morgan fingerprint density at radius 1 is 0.857 bits per heavy atom. The van der Waals surface area contributed by atoms with Crippen LogP contribution >= 0.6 is 0 Å². The molecule has 2 N–H and O–H groups in total. The Hall–Kier alpha value is -2.55. The molecule has 0 aliphatic carbocycles. The molecular formula is C18H20N2O. The Balaban J connectivity index is 1.77. The minimum atomic E-state index is -0.0862. The van der Waals surface area contributed by atoms with E-state index in [1.807, 2.05) is 55.5 Å². The molecule has 108 valence electrons.